The monoisotopic (exact) mass is 259 g/mol. The molecular formula is C19H17N. The average Bonchev–Trinajstić information content (AvgIpc) is 2.52. The van der Waals surface area contributed by atoms with Gasteiger partial charge >= 0.3 is 0 Å². The Morgan fingerprint density at radius 2 is 1.70 bits per heavy atom. The van der Waals surface area contributed by atoms with Gasteiger partial charge in [-0.1, -0.05) is 73.9 Å². The lowest BCUT2D eigenvalue weighted by Crippen LogP contribution is -1.90. The first-order valence-corrected chi connectivity index (χ1v) is 6.49. The number of pyridine rings is 1. The minimum Gasteiger partial charge on any atom is -0.256 e. The highest BCUT2D eigenvalue weighted by Crippen LogP contribution is 2.19. The van der Waals surface area contributed by atoms with Crippen LogP contribution >= 0.6 is 0 Å². The lowest BCUT2D eigenvalue weighted by Gasteiger charge is -2.04. The summed E-state index contributed by atoms with van der Waals surface area (Å²) in [6.45, 7) is 7.55. The first-order chi connectivity index (χ1) is 9.85. The van der Waals surface area contributed by atoms with Crippen molar-refractivity contribution < 1.29 is 0 Å². The maximum Gasteiger partial charge on any atom is 0.0707 e. The Morgan fingerprint density at radius 1 is 0.900 bits per heavy atom. The van der Waals surface area contributed by atoms with Crippen LogP contribution in [0, 0.1) is 0 Å². The molecule has 0 fully saturated rings. The Hall–Kier alpha value is -2.67. The summed E-state index contributed by atoms with van der Waals surface area (Å²) < 4.78 is 0. The normalized spacial score (nSPS) is 11.0. The second kappa shape index (κ2) is 7.05. The molecule has 0 saturated carbocycles. The summed E-state index contributed by atoms with van der Waals surface area (Å²) >= 11 is 0. The molecule has 0 aliphatic carbocycles. The Labute approximate surface area is 120 Å². The van der Waals surface area contributed by atoms with E-state index in [1.54, 1.807) is 12.3 Å². The molecule has 1 nitrogen and oxygen atoms in total. The number of allylic oxidation sites excluding steroid dienone is 2. The van der Waals surface area contributed by atoms with Crippen LogP contribution in [0.1, 0.15) is 22.4 Å². The van der Waals surface area contributed by atoms with Crippen LogP contribution in [-0.4, -0.2) is 4.98 Å². The predicted octanol–water partition coefficient (Wildman–Crippen LogP) is 5.09. The number of hydrogen-bond donors (Lipinski definition) is 0. The fraction of sp³-hybridized carbons (Fsp3) is 0. The van der Waals surface area contributed by atoms with Gasteiger partial charge in [0.25, 0.3) is 0 Å². The van der Waals surface area contributed by atoms with E-state index in [1.807, 2.05) is 42.5 Å². The highest BCUT2D eigenvalue weighted by Gasteiger charge is 2.02. The number of hydrogen-bond acceptors (Lipinski definition) is 1. The zero-order valence-electron chi connectivity index (χ0n) is 11.4. The van der Waals surface area contributed by atoms with Gasteiger partial charge in [0.05, 0.1) is 5.69 Å². The van der Waals surface area contributed by atoms with E-state index in [1.165, 1.54) is 0 Å². The molecule has 2 aromatic rings. The van der Waals surface area contributed by atoms with Gasteiger partial charge in [-0.3, -0.25) is 4.98 Å². The predicted molar refractivity (Wildman–Crippen MR) is 88.9 cm³/mol. The van der Waals surface area contributed by atoms with Crippen molar-refractivity contribution in [3.05, 3.63) is 90.3 Å². The summed E-state index contributed by atoms with van der Waals surface area (Å²) in [6, 6.07) is 12.2. The van der Waals surface area contributed by atoms with Crippen LogP contribution in [0.15, 0.2) is 67.9 Å². The highest BCUT2D eigenvalue weighted by molar-refractivity contribution is 5.79. The van der Waals surface area contributed by atoms with Crippen LogP contribution in [0.25, 0.3) is 24.3 Å². The van der Waals surface area contributed by atoms with E-state index in [2.05, 4.69) is 42.4 Å². The third-order valence-corrected chi connectivity index (χ3v) is 2.91. The highest BCUT2D eigenvalue weighted by atomic mass is 14.7. The zero-order chi connectivity index (χ0) is 14.2. The minimum atomic E-state index is 0.912. The van der Waals surface area contributed by atoms with Crippen molar-refractivity contribution in [3.8, 4) is 0 Å². The van der Waals surface area contributed by atoms with Crippen molar-refractivity contribution >= 4 is 24.3 Å². The standard InChI is InChI=1S/C19H17N/c1-3-5-11-19-18(17(4-2)14-15-20-19)13-12-16-9-7-6-8-10-16/h3-15H,1-2H2. The molecule has 0 amide bonds. The van der Waals surface area contributed by atoms with E-state index < -0.39 is 0 Å². The molecule has 2 rings (SSSR count). The van der Waals surface area contributed by atoms with Crippen molar-refractivity contribution in [2.45, 2.75) is 0 Å². The Bertz CT molecular complexity index is 649. The van der Waals surface area contributed by atoms with Gasteiger partial charge in [0.2, 0.25) is 0 Å². The van der Waals surface area contributed by atoms with Crippen LogP contribution in [0.3, 0.4) is 0 Å². The minimum absolute atomic E-state index is 0.912. The smallest absolute Gasteiger partial charge is 0.0707 e. The third-order valence-electron chi connectivity index (χ3n) is 2.91. The summed E-state index contributed by atoms with van der Waals surface area (Å²) in [5.41, 5.74) is 4.19. The summed E-state index contributed by atoms with van der Waals surface area (Å²) in [4.78, 5) is 4.40. The SMILES string of the molecule is C=CC=Cc1nccc(C=C)c1C=Cc1ccccc1. The topological polar surface area (TPSA) is 12.9 Å². The lowest BCUT2D eigenvalue weighted by molar-refractivity contribution is 1.27. The van der Waals surface area contributed by atoms with Gasteiger partial charge in [0.1, 0.15) is 0 Å². The van der Waals surface area contributed by atoms with E-state index in [0.29, 0.717) is 0 Å². The van der Waals surface area contributed by atoms with Crippen LogP contribution in [-0.2, 0) is 0 Å². The first kappa shape index (κ1) is 13.8. The van der Waals surface area contributed by atoms with Gasteiger partial charge in [0, 0.05) is 11.8 Å². The van der Waals surface area contributed by atoms with E-state index in [9.17, 15) is 0 Å². The second-order valence-corrected chi connectivity index (χ2v) is 4.24. The van der Waals surface area contributed by atoms with E-state index in [-0.39, 0.29) is 0 Å². The molecule has 0 bridgehead atoms. The fourth-order valence-corrected chi connectivity index (χ4v) is 1.90. The molecule has 1 aromatic heterocycles. The van der Waals surface area contributed by atoms with Crippen LogP contribution < -0.4 is 0 Å². The third kappa shape index (κ3) is 3.42. The van der Waals surface area contributed by atoms with Crippen molar-refractivity contribution in [1.29, 1.82) is 0 Å². The molecule has 1 heteroatoms. The molecule has 1 heterocycles. The molecule has 0 aliphatic rings. The summed E-state index contributed by atoms with van der Waals surface area (Å²) in [7, 11) is 0. The average molecular weight is 259 g/mol. The molecule has 0 aliphatic heterocycles. The molecule has 1 aromatic carbocycles. The Balaban J connectivity index is 2.43. The van der Waals surface area contributed by atoms with Gasteiger partial charge in [-0.15, -0.1) is 0 Å². The Morgan fingerprint density at radius 3 is 2.40 bits per heavy atom. The van der Waals surface area contributed by atoms with Gasteiger partial charge in [-0.25, -0.2) is 0 Å². The molecule has 0 saturated heterocycles. The quantitative estimate of drug-likeness (QED) is 0.681. The summed E-state index contributed by atoms with van der Waals surface area (Å²) in [5, 5.41) is 0. The molecular weight excluding hydrogens is 242 g/mol. The zero-order valence-corrected chi connectivity index (χ0v) is 11.4. The van der Waals surface area contributed by atoms with Crippen LogP contribution in [0.2, 0.25) is 0 Å². The largest absolute Gasteiger partial charge is 0.256 e. The summed E-state index contributed by atoms with van der Waals surface area (Å²) in [5.74, 6) is 0. The number of aromatic nitrogens is 1. The number of benzene rings is 1. The van der Waals surface area contributed by atoms with E-state index >= 15 is 0 Å². The number of rotatable bonds is 5. The molecule has 0 atom stereocenters. The maximum atomic E-state index is 4.40. The second-order valence-electron chi connectivity index (χ2n) is 4.24. The first-order valence-electron chi connectivity index (χ1n) is 6.49. The molecule has 98 valence electrons. The van der Waals surface area contributed by atoms with Crippen LogP contribution in [0.5, 0.6) is 0 Å². The molecule has 0 unspecified atom stereocenters. The van der Waals surface area contributed by atoms with Gasteiger partial charge < -0.3 is 0 Å². The van der Waals surface area contributed by atoms with Crippen LogP contribution in [0.4, 0.5) is 0 Å². The Kier molecular flexibility index (Phi) is 4.85. The molecule has 0 N–H and O–H groups in total. The van der Waals surface area contributed by atoms with Gasteiger partial charge in [-0.2, -0.15) is 0 Å². The van der Waals surface area contributed by atoms with E-state index in [4.69, 9.17) is 0 Å². The van der Waals surface area contributed by atoms with Crippen molar-refractivity contribution in [1.82, 2.24) is 4.98 Å². The van der Waals surface area contributed by atoms with Crippen molar-refractivity contribution in [2.75, 3.05) is 0 Å². The molecule has 20 heavy (non-hydrogen) atoms. The lowest BCUT2D eigenvalue weighted by atomic mass is 10.0. The maximum absolute atomic E-state index is 4.40. The van der Waals surface area contributed by atoms with E-state index in [0.717, 1.165) is 22.4 Å². The van der Waals surface area contributed by atoms with Gasteiger partial charge in [-0.05, 0) is 23.3 Å². The molecule has 0 spiro atoms. The number of nitrogens with zero attached hydrogens (tertiary/aromatic N) is 1. The van der Waals surface area contributed by atoms with Crippen molar-refractivity contribution in [3.63, 3.8) is 0 Å². The molecule has 0 radical (unpaired) electrons. The fourth-order valence-electron chi connectivity index (χ4n) is 1.90. The van der Waals surface area contributed by atoms with Gasteiger partial charge in [0.15, 0.2) is 0 Å². The summed E-state index contributed by atoms with van der Waals surface area (Å²) in [6.07, 6.45) is 13.4. The van der Waals surface area contributed by atoms with Crippen molar-refractivity contribution in [2.24, 2.45) is 0 Å².